The average Bonchev–Trinajstić information content (AvgIpc) is 2.49. The molecule has 0 heterocycles. The maximum Gasteiger partial charge on any atom is 0.306 e. The summed E-state index contributed by atoms with van der Waals surface area (Å²) in [5.74, 6) is 1.41. The Labute approximate surface area is 86.2 Å². The van der Waals surface area contributed by atoms with Crippen LogP contribution in [0.2, 0.25) is 0 Å². The van der Waals surface area contributed by atoms with E-state index in [0.29, 0.717) is 12.5 Å². The molecule has 3 heteroatoms. The smallest absolute Gasteiger partial charge is 0.306 e. The molecule has 14 heavy (non-hydrogen) atoms. The van der Waals surface area contributed by atoms with Gasteiger partial charge in [-0.1, -0.05) is 13.8 Å². The van der Waals surface area contributed by atoms with Crippen LogP contribution >= 0.6 is 0 Å². The number of carbonyl (C=O) groups is 1. The first kappa shape index (κ1) is 11.5. The third-order valence-electron chi connectivity index (χ3n) is 3.43. The summed E-state index contributed by atoms with van der Waals surface area (Å²) in [4.78, 5) is 10.9. The van der Waals surface area contributed by atoms with Crippen LogP contribution in [0, 0.1) is 11.8 Å². The van der Waals surface area contributed by atoms with Crippen LogP contribution in [0.4, 0.5) is 0 Å². The average molecular weight is 199 g/mol. The number of ether oxygens (including phenoxy) is 1. The number of rotatable bonds is 4. The van der Waals surface area contributed by atoms with Crippen molar-refractivity contribution in [2.24, 2.45) is 11.8 Å². The molecule has 1 N–H and O–H groups in total. The van der Waals surface area contributed by atoms with Crippen LogP contribution in [0.15, 0.2) is 0 Å². The predicted octanol–water partition coefficient (Wildman–Crippen LogP) is 1.57. The highest BCUT2D eigenvalue weighted by Gasteiger charge is 2.28. The fraction of sp³-hybridized carbons (Fsp3) is 0.909. The van der Waals surface area contributed by atoms with E-state index in [1.807, 2.05) is 0 Å². The molecule has 0 radical (unpaired) electrons. The minimum Gasteiger partial charge on any atom is -0.469 e. The molecule has 1 saturated carbocycles. The summed E-state index contributed by atoms with van der Waals surface area (Å²) in [7, 11) is 1.43. The number of carbonyl (C=O) groups excluding carboxylic acids is 1. The van der Waals surface area contributed by atoms with Gasteiger partial charge in [0.2, 0.25) is 0 Å². The standard InChI is InChI=1S/C11H21NO2/c1-8-4-5-10(9(8)2)12-7-6-11(13)14-3/h8-10,12H,4-7H2,1-3H3. The number of esters is 1. The van der Waals surface area contributed by atoms with E-state index in [0.717, 1.165) is 18.4 Å². The zero-order valence-corrected chi connectivity index (χ0v) is 9.38. The van der Waals surface area contributed by atoms with Crippen molar-refractivity contribution in [2.75, 3.05) is 13.7 Å². The van der Waals surface area contributed by atoms with Crippen molar-refractivity contribution >= 4 is 5.97 Å². The van der Waals surface area contributed by atoms with Crippen molar-refractivity contribution in [1.82, 2.24) is 5.32 Å². The van der Waals surface area contributed by atoms with Crippen LogP contribution < -0.4 is 5.32 Å². The molecule has 3 nitrogen and oxygen atoms in total. The molecule has 0 spiro atoms. The lowest BCUT2D eigenvalue weighted by atomic mass is 9.98. The van der Waals surface area contributed by atoms with Crippen molar-refractivity contribution in [1.29, 1.82) is 0 Å². The van der Waals surface area contributed by atoms with E-state index in [-0.39, 0.29) is 5.97 Å². The highest BCUT2D eigenvalue weighted by atomic mass is 16.5. The quantitative estimate of drug-likeness (QED) is 0.698. The van der Waals surface area contributed by atoms with Crippen molar-refractivity contribution in [3.8, 4) is 0 Å². The molecule has 3 unspecified atom stereocenters. The third-order valence-corrected chi connectivity index (χ3v) is 3.43. The first-order valence-corrected chi connectivity index (χ1v) is 5.45. The van der Waals surface area contributed by atoms with Gasteiger partial charge in [0.25, 0.3) is 0 Å². The normalized spacial score (nSPS) is 31.8. The minimum absolute atomic E-state index is 0.129. The van der Waals surface area contributed by atoms with Gasteiger partial charge in [0.05, 0.1) is 13.5 Å². The maximum absolute atomic E-state index is 10.9. The lowest BCUT2D eigenvalue weighted by molar-refractivity contribution is -0.140. The summed E-state index contributed by atoms with van der Waals surface area (Å²) < 4.78 is 4.58. The monoisotopic (exact) mass is 199 g/mol. The van der Waals surface area contributed by atoms with Gasteiger partial charge in [-0.2, -0.15) is 0 Å². The van der Waals surface area contributed by atoms with Gasteiger partial charge in [-0.25, -0.2) is 0 Å². The lowest BCUT2D eigenvalue weighted by Gasteiger charge is -2.19. The highest BCUT2D eigenvalue weighted by molar-refractivity contribution is 5.69. The Morgan fingerprint density at radius 1 is 1.43 bits per heavy atom. The zero-order chi connectivity index (χ0) is 10.6. The Hall–Kier alpha value is -0.570. The summed E-state index contributed by atoms with van der Waals surface area (Å²) in [6, 6.07) is 0.592. The van der Waals surface area contributed by atoms with Crippen molar-refractivity contribution in [3.05, 3.63) is 0 Å². The number of hydrogen-bond acceptors (Lipinski definition) is 3. The second-order valence-electron chi connectivity index (χ2n) is 4.30. The van der Waals surface area contributed by atoms with Crippen molar-refractivity contribution in [3.63, 3.8) is 0 Å². The lowest BCUT2D eigenvalue weighted by Crippen LogP contribution is -2.34. The Bertz CT molecular complexity index is 194. The van der Waals surface area contributed by atoms with E-state index in [2.05, 4.69) is 23.9 Å². The van der Waals surface area contributed by atoms with Crippen LogP contribution in [-0.2, 0) is 9.53 Å². The van der Waals surface area contributed by atoms with Gasteiger partial charge in [-0.15, -0.1) is 0 Å². The maximum atomic E-state index is 10.9. The van der Waals surface area contributed by atoms with Crippen molar-refractivity contribution < 1.29 is 9.53 Å². The van der Waals surface area contributed by atoms with E-state index >= 15 is 0 Å². The van der Waals surface area contributed by atoms with Crippen LogP contribution in [-0.4, -0.2) is 25.7 Å². The number of nitrogens with one attached hydrogen (secondary N) is 1. The highest BCUT2D eigenvalue weighted by Crippen LogP contribution is 2.30. The Balaban J connectivity index is 2.16. The van der Waals surface area contributed by atoms with Crippen LogP contribution in [0.5, 0.6) is 0 Å². The van der Waals surface area contributed by atoms with E-state index < -0.39 is 0 Å². The van der Waals surface area contributed by atoms with Gasteiger partial charge in [0.15, 0.2) is 0 Å². The van der Waals surface area contributed by atoms with E-state index in [1.54, 1.807) is 0 Å². The predicted molar refractivity (Wildman–Crippen MR) is 56.0 cm³/mol. The SMILES string of the molecule is COC(=O)CCNC1CCC(C)C1C. The van der Waals surface area contributed by atoms with Crippen molar-refractivity contribution in [2.45, 2.75) is 39.2 Å². The number of hydrogen-bond donors (Lipinski definition) is 1. The molecular formula is C11H21NO2. The van der Waals surface area contributed by atoms with Gasteiger partial charge in [-0.05, 0) is 24.7 Å². The van der Waals surface area contributed by atoms with Gasteiger partial charge in [0.1, 0.15) is 0 Å². The molecule has 0 aromatic carbocycles. The Kier molecular flexibility index (Phi) is 4.39. The zero-order valence-electron chi connectivity index (χ0n) is 9.38. The van der Waals surface area contributed by atoms with Crippen LogP contribution in [0.3, 0.4) is 0 Å². The molecule has 0 saturated heterocycles. The number of methoxy groups -OCH3 is 1. The molecule has 82 valence electrons. The molecule has 1 rings (SSSR count). The fourth-order valence-corrected chi connectivity index (χ4v) is 2.11. The first-order chi connectivity index (χ1) is 6.65. The molecule has 1 aliphatic rings. The Morgan fingerprint density at radius 2 is 2.14 bits per heavy atom. The van der Waals surface area contributed by atoms with Gasteiger partial charge >= 0.3 is 5.97 Å². The fourth-order valence-electron chi connectivity index (χ4n) is 2.11. The summed E-state index contributed by atoms with van der Waals surface area (Å²) in [5, 5.41) is 3.43. The minimum atomic E-state index is -0.129. The van der Waals surface area contributed by atoms with Crippen LogP contribution in [0.1, 0.15) is 33.1 Å². The van der Waals surface area contributed by atoms with Gasteiger partial charge in [-0.3, -0.25) is 4.79 Å². The molecular weight excluding hydrogens is 178 g/mol. The van der Waals surface area contributed by atoms with Gasteiger partial charge in [0, 0.05) is 12.6 Å². The van der Waals surface area contributed by atoms with Gasteiger partial charge < -0.3 is 10.1 Å². The molecule has 1 aliphatic carbocycles. The second-order valence-corrected chi connectivity index (χ2v) is 4.30. The summed E-state index contributed by atoms with van der Waals surface area (Å²) in [6.07, 6.45) is 3.02. The largest absolute Gasteiger partial charge is 0.469 e. The molecule has 1 fully saturated rings. The summed E-state index contributed by atoms with van der Waals surface area (Å²) >= 11 is 0. The first-order valence-electron chi connectivity index (χ1n) is 5.45. The topological polar surface area (TPSA) is 38.3 Å². The summed E-state index contributed by atoms with van der Waals surface area (Å²) in [6.45, 7) is 5.33. The Morgan fingerprint density at radius 3 is 2.64 bits per heavy atom. The van der Waals surface area contributed by atoms with E-state index in [9.17, 15) is 4.79 Å². The molecule has 0 aromatic rings. The summed E-state index contributed by atoms with van der Waals surface area (Å²) in [5.41, 5.74) is 0. The van der Waals surface area contributed by atoms with E-state index in [1.165, 1.54) is 20.0 Å². The van der Waals surface area contributed by atoms with Crippen LogP contribution in [0.25, 0.3) is 0 Å². The molecule has 0 amide bonds. The third kappa shape index (κ3) is 2.98. The molecule has 0 bridgehead atoms. The molecule has 3 atom stereocenters. The second kappa shape index (κ2) is 5.35. The molecule has 0 aromatic heterocycles. The van der Waals surface area contributed by atoms with E-state index in [4.69, 9.17) is 0 Å². The molecule has 0 aliphatic heterocycles.